The van der Waals surface area contributed by atoms with Gasteiger partial charge in [0.1, 0.15) is 5.82 Å². The molecule has 43 heavy (non-hydrogen) atoms. The second kappa shape index (κ2) is 13.6. The molecule has 0 atom stereocenters. The van der Waals surface area contributed by atoms with Crippen molar-refractivity contribution in [2.45, 2.75) is 38.0 Å². The van der Waals surface area contributed by atoms with Crippen molar-refractivity contribution in [3.8, 4) is 11.5 Å². The number of nitrogens with one attached hydrogen (secondary N) is 1. The van der Waals surface area contributed by atoms with Crippen LogP contribution in [0, 0.1) is 18.7 Å². The first kappa shape index (κ1) is 30.5. The molecule has 0 bridgehead atoms. The van der Waals surface area contributed by atoms with Crippen LogP contribution in [0.4, 0.5) is 10.1 Å². The maximum Gasteiger partial charge on any atom is 0.262 e. The van der Waals surface area contributed by atoms with Crippen LogP contribution in [0.2, 0.25) is 0 Å². The Morgan fingerprint density at radius 2 is 1.79 bits per heavy atom. The molecular formula is C34H38FN3O4S. The first-order chi connectivity index (χ1) is 20.7. The van der Waals surface area contributed by atoms with Crippen molar-refractivity contribution in [2.75, 3.05) is 38.1 Å². The van der Waals surface area contributed by atoms with Crippen LogP contribution in [-0.4, -0.2) is 51.7 Å². The fourth-order valence-electron chi connectivity index (χ4n) is 5.32. The number of hydrogen-bond acceptors (Lipinski definition) is 6. The number of hydrogen-bond donors (Lipinski definition) is 1. The van der Waals surface area contributed by atoms with Crippen LogP contribution in [0.25, 0.3) is 23.1 Å². The average molecular weight is 604 g/mol. The predicted molar refractivity (Wildman–Crippen MR) is 171 cm³/mol. The summed E-state index contributed by atoms with van der Waals surface area (Å²) in [5, 5.41) is 0.841. The van der Waals surface area contributed by atoms with Gasteiger partial charge in [0.25, 0.3) is 10.0 Å². The van der Waals surface area contributed by atoms with E-state index in [2.05, 4.69) is 21.5 Å². The molecule has 3 aromatic carbocycles. The largest absolute Gasteiger partial charge is 0.493 e. The molecule has 0 amide bonds. The van der Waals surface area contributed by atoms with E-state index < -0.39 is 15.8 Å². The van der Waals surface area contributed by atoms with E-state index in [1.165, 1.54) is 25.0 Å². The highest BCUT2D eigenvalue weighted by atomic mass is 32.2. The minimum absolute atomic E-state index is 0.148. The Morgan fingerprint density at radius 3 is 2.53 bits per heavy atom. The molecule has 0 saturated carbocycles. The summed E-state index contributed by atoms with van der Waals surface area (Å²) in [5.74, 6) is 1.52. The number of anilines is 1. The Labute approximate surface area is 253 Å². The summed E-state index contributed by atoms with van der Waals surface area (Å²) >= 11 is 0. The molecule has 1 aliphatic heterocycles. The summed E-state index contributed by atoms with van der Waals surface area (Å²) in [5.41, 5.74) is 2.65. The fourth-order valence-corrected chi connectivity index (χ4v) is 6.62. The van der Waals surface area contributed by atoms with Crippen LogP contribution in [0.3, 0.4) is 0 Å². The molecule has 1 aliphatic rings. The first-order valence-electron chi connectivity index (χ1n) is 14.6. The van der Waals surface area contributed by atoms with Gasteiger partial charge in [-0.15, -0.1) is 0 Å². The zero-order valence-electron chi connectivity index (χ0n) is 24.8. The molecule has 4 aromatic rings. The van der Waals surface area contributed by atoms with Gasteiger partial charge in [-0.3, -0.25) is 9.71 Å². The van der Waals surface area contributed by atoms with Gasteiger partial charge < -0.3 is 14.4 Å². The minimum atomic E-state index is -3.84. The number of sulfonamides is 1. The lowest BCUT2D eigenvalue weighted by Gasteiger charge is -2.30. The number of methoxy groups -OCH3 is 1. The molecule has 9 heteroatoms. The van der Waals surface area contributed by atoms with Gasteiger partial charge in [0.2, 0.25) is 0 Å². The number of halogens is 1. The first-order valence-corrected chi connectivity index (χ1v) is 16.1. The number of pyridine rings is 1. The lowest BCUT2D eigenvalue weighted by Crippen LogP contribution is -2.34. The number of nitrogens with zero attached hydrogens (tertiary/aromatic N) is 2. The number of fused-ring (bicyclic) bond motifs is 1. The normalized spacial score (nSPS) is 14.8. The van der Waals surface area contributed by atoms with Gasteiger partial charge in [-0.05, 0) is 92.7 Å². The molecule has 1 fully saturated rings. The summed E-state index contributed by atoms with van der Waals surface area (Å²) in [4.78, 5) is 7.17. The highest BCUT2D eigenvalue weighted by molar-refractivity contribution is 7.92. The lowest BCUT2D eigenvalue weighted by atomic mass is 9.99. The quantitative estimate of drug-likeness (QED) is 0.183. The molecule has 0 aliphatic carbocycles. The summed E-state index contributed by atoms with van der Waals surface area (Å²) in [6.45, 7) is 7.95. The smallest absolute Gasteiger partial charge is 0.262 e. The minimum Gasteiger partial charge on any atom is -0.493 e. The van der Waals surface area contributed by atoms with E-state index in [-0.39, 0.29) is 10.6 Å². The molecule has 226 valence electrons. The molecule has 1 N–H and O–H groups in total. The highest BCUT2D eigenvalue weighted by Gasteiger charge is 2.18. The monoisotopic (exact) mass is 603 g/mol. The maximum atomic E-state index is 15.0. The standard InChI is InChI=1S/C34H38FN3O4S/c1-24-14-18-38(19-15-24)17-6-20-42-33-23-31-29(22-32(33)41-3)26(13-16-36-31)9-10-27-11-12-28(21-30(27)35)37-43(39,40)34-8-5-4-7-25(34)2/h4-5,7-13,16,21-24,37H,6,14-15,17-20H2,1-3H3/b10-9-. The number of benzene rings is 3. The van der Waals surface area contributed by atoms with Gasteiger partial charge in [0.05, 0.1) is 29.8 Å². The van der Waals surface area contributed by atoms with Crippen LogP contribution >= 0.6 is 0 Å². The third-order valence-electron chi connectivity index (χ3n) is 7.89. The van der Waals surface area contributed by atoms with E-state index in [1.54, 1.807) is 62.7 Å². The molecular weight excluding hydrogens is 565 g/mol. The number of ether oxygens (including phenoxy) is 2. The third kappa shape index (κ3) is 7.53. The Balaban J connectivity index is 1.28. The summed E-state index contributed by atoms with van der Waals surface area (Å²) in [6.07, 6.45) is 8.62. The summed E-state index contributed by atoms with van der Waals surface area (Å²) < 4.78 is 54.9. The number of piperidine rings is 1. The maximum absolute atomic E-state index is 15.0. The Hall–Kier alpha value is -3.95. The van der Waals surface area contributed by atoms with Crippen LogP contribution in [0.1, 0.15) is 42.9 Å². The average Bonchev–Trinajstić information content (AvgIpc) is 2.99. The molecule has 1 aromatic heterocycles. The topological polar surface area (TPSA) is 80.8 Å². The van der Waals surface area contributed by atoms with Gasteiger partial charge in [-0.2, -0.15) is 0 Å². The second-order valence-corrected chi connectivity index (χ2v) is 12.7. The van der Waals surface area contributed by atoms with E-state index in [4.69, 9.17) is 9.47 Å². The van der Waals surface area contributed by atoms with Crippen molar-refractivity contribution in [3.05, 3.63) is 89.4 Å². The molecule has 0 unspecified atom stereocenters. The Kier molecular flexibility index (Phi) is 9.62. The SMILES string of the molecule is COc1cc2c(/C=C\c3ccc(NS(=O)(=O)c4ccccc4C)cc3F)ccnc2cc1OCCCN1CCC(C)CC1. The van der Waals surface area contributed by atoms with Crippen molar-refractivity contribution >= 4 is 38.8 Å². The Bertz CT molecular complexity index is 1720. The van der Waals surface area contributed by atoms with Gasteiger partial charge in [-0.1, -0.05) is 37.3 Å². The van der Waals surface area contributed by atoms with Crippen molar-refractivity contribution in [3.63, 3.8) is 0 Å². The van der Waals surface area contributed by atoms with E-state index >= 15 is 4.39 Å². The number of rotatable bonds is 11. The Morgan fingerprint density at radius 1 is 1.02 bits per heavy atom. The zero-order valence-corrected chi connectivity index (χ0v) is 25.7. The molecule has 7 nitrogen and oxygen atoms in total. The van der Waals surface area contributed by atoms with Crippen LogP contribution in [0.15, 0.2) is 71.8 Å². The molecule has 2 heterocycles. The van der Waals surface area contributed by atoms with Crippen molar-refractivity contribution in [2.24, 2.45) is 5.92 Å². The van der Waals surface area contributed by atoms with E-state index in [1.807, 2.05) is 18.2 Å². The van der Waals surface area contributed by atoms with Gasteiger partial charge in [0.15, 0.2) is 11.5 Å². The van der Waals surface area contributed by atoms with Crippen LogP contribution in [-0.2, 0) is 10.0 Å². The number of likely N-dealkylation sites (tertiary alicyclic amines) is 1. The third-order valence-corrected chi connectivity index (χ3v) is 9.43. The summed E-state index contributed by atoms with van der Waals surface area (Å²) in [7, 11) is -2.23. The van der Waals surface area contributed by atoms with Crippen molar-refractivity contribution < 1.29 is 22.3 Å². The van der Waals surface area contributed by atoms with Crippen LogP contribution < -0.4 is 14.2 Å². The molecule has 0 spiro atoms. The van der Waals surface area contributed by atoms with E-state index in [0.717, 1.165) is 48.4 Å². The number of aromatic nitrogens is 1. The molecule has 0 radical (unpaired) electrons. The van der Waals surface area contributed by atoms with Crippen molar-refractivity contribution in [1.82, 2.24) is 9.88 Å². The van der Waals surface area contributed by atoms with Crippen molar-refractivity contribution in [1.29, 1.82) is 0 Å². The fraction of sp³-hybridized carbons (Fsp3) is 0.324. The van der Waals surface area contributed by atoms with Gasteiger partial charge in [0, 0.05) is 29.8 Å². The van der Waals surface area contributed by atoms with E-state index in [9.17, 15) is 8.42 Å². The highest BCUT2D eigenvalue weighted by Crippen LogP contribution is 2.34. The van der Waals surface area contributed by atoms with Gasteiger partial charge >= 0.3 is 0 Å². The molecule has 5 rings (SSSR count). The van der Waals surface area contributed by atoms with Gasteiger partial charge in [-0.25, -0.2) is 12.8 Å². The predicted octanol–water partition coefficient (Wildman–Crippen LogP) is 7.16. The second-order valence-electron chi connectivity index (χ2n) is 11.1. The molecule has 1 saturated heterocycles. The zero-order chi connectivity index (χ0) is 30.4. The lowest BCUT2D eigenvalue weighted by molar-refractivity contribution is 0.176. The van der Waals surface area contributed by atoms with E-state index in [0.29, 0.717) is 29.2 Å². The summed E-state index contributed by atoms with van der Waals surface area (Å²) in [6, 6.07) is 16.5. The number of aryl methyl sites for hydroxylation is 1. The van der Waals surface area contributed by atoms with Crippen LogP contribution in [0.5, 0.6) is 11.5 Å².